The maximum absolute atomic E-state index is 3.69. The third-order valence-electron chi connectivity index (χ3n) is 3.97. The van der Waals surface area contributed by atoms with Crippen LogP contribution in [-0.4, -0.2) is 12.6 Å². The maximum Gasteiger partial charge on any atom is 0.00983 e. The van der Waals surface area contributed by atoms with Crippen molar-refractivity contribution in [3.63, 3.8) is 0 Å². The summed E-state index contributed by atoms with van der Waals surface area (Å²) >= 11 is 0. The van der Waals surface area contributed by atoms with E-state index in [0.29, 0.717) is 0 Å². The third kappa shape index (κ3) is 3.85. The SMILES string of the molecule is CCNC1CCCCCC1Cc1ccccc1. The molecular weight excluding hydrogens is 206 g/mol. The smallest absolute Gasteiger partial charge is 0.00983 e. The fourth-order valence-electron chi connectivity index (χ4n) is 3.08. The number of hydrogen-bond acceptors (Lipinski definition) is 1. The molecule has 0 aromatic heterocycles. The molecule has 0 heterocycles. The Kier molecular flexibility index (Phi) is 5.06. The molecule has 17 heavy (non-hydrogen) atoms. The van der Waals surface area contributed by atoms with Gasteiger partial charge in [-0.3, -0.25) is 0 Å². The van der Waals surface area contributed by atoms with Gasteiger partial charge in [-0.2, -0.15) is 0 Å². The van der Waals surface area contributed by atoms with Crippen molar-refractivity contribution in [3.05, 3.63) is 35.9 Å². The highest BCUT2D eigenvalue weighted by Gasteiger charge is 2.22. The molecule has 1 aromatic rings. The van der Waals surface area contributed by atoms with Crippen LogP contribution in [-0.2, 0) is 6.42 Å². The van der Waals surface area contributed by atoms with E-state index in [1.807, 2.05) is 0 Å². The van der Waals surface area contributed by atoms with Crippen molar-refractivity contribution in [2.45, 2.75) is 51.5 Å². The van der Waals surface area contributed by atoms with Crippen LogP contribution in [0.1, 0.15) is 44.6 Å². The van der Waals surface area contributed by atoms with Crippen molar-refractivity contribution >= 4 is 0 Å². The topological polar surface area (TPSA) is 12.0 Å². The Morgan fingerprint density at radius 3 is 2.59 bits per heavy atom. The van der Waals surface area contributed by atoms with E-state index >= 15 is 0 Å². The Bertz CT molecular complexity index is 307. The fourth-order valence-corrected chi connectivity index (χ4v) is 3.08. The van der Waals surface area contributed by atoms with Crippen LogP contribution < -0.4 is 5.32 Å². The number of nitrogens with one attached hydrogen (secondary N) is 1. The summed E-state index contributed by atoms with van der Waals surface area (Å²) in [5, 5.41) is 3.69. The highest BCUT2D eigenvalue weighted by molar-refractivity contribution is 5.15. The molecule has 0 amide bonds. The number of benzene rings is 1. The first-order chi connectivity index (χ1) is 8.40. The molecule has 2 unspecified atom stereocenters. The van der Waals surface area contributed by atoms with Crippen molar-refractivity contribution in [1.82, 2.24) is 5.32 Å². The van der Waals surface area contributed by atoms with Gasteiger partial charge >= 0.3 is 0 Å². The first-order valence-electron chi connectivity index (χ1n) is 7.17. The van der Waals surface area contributed by atoms with Crippen molar-refractivity contribution in [2.75, 3.05) is 6.54 Å². The van der Waals surface area contributed by atoms with E-state index in [1.165, 1.54) is 44.1 Å². The first kappa shape index (κ1) is 12.6. The zero-order valence-corrected chi connectivity index (χ0v) is 11.0. The quantitative estimate of drug-likeness (QED) is 0.777. The Labute approximate surface area is 106 Å². The van der Waals surface area contributed by atoms with Crippen LogP contribution in [0.5, 0.6) is 0 Å². The van der Waals surface area contributed by atoms with Gasteiger partial charge in [0.05, 0.1) is 0 Å². The van der Waals surface area contributed by atoms with Gasteiger partial charge in [-0.15, -0.1) is 0 Å². The van der Waals surface area contributed by atoms with E-state index in [1.54, 1.807) is 0 Å². The molecule has 94 valence electrons. The molecule has 1 aromatic carbocycles. The summed E-state index contributed by atoms with van der Waals surface area (Å²) in [6.07, 6.45) is 8.26. The number of hydrogen-bond donors (Lipinski definition) is 1. The van der Waals surface area contributed by atoms with Crippen LogP contribution in [0, 0.1) is 5.92 Å². The summed E-state index contributed by atoms with van der Waals surface area (Å²) < 4.78 is 0. The summed E-state index contributed by atoms with van der Waals surface area (Å²) in [5.41, 5.74) is 1.50. The minimum absolute atomic E-state index is 0.739. The lowest BCUT2D eigenvalue weighted by Gasteiger charge is -2.26. The van der Waals surface area contributed by atoms with Gasteiger partial charge in [-0.1, -0.05) is 56.5 Å². The summed E-state index contributed by atoms with van der Waals surface area (Å²) in [7, 11) is 0. The molecule has 0 bridgehead atoms. The highest BCUT2D eigenvalue weighted by atomic mass is 14.9. The van der Waals surface area contributed by atoms with Gasteiger partial charge in [-0.25, -0.2) is 0 Å². The second kappa shape index (κ2) is 6.80. The first-order valence-corrected chi connectivity index (χ1v) is 7.17. The van der Waals surface area contributed by atoms with E-state index in [9.17, 15) is 0 Å². The van der Waals surface area contributed by atoms with Gasteiger partial charge < -0.3 is 5.32 Å². The van der Waals surface area contributed by atoms with Gasteiger partial charge in [-0.05, 0) is 37.3 Å². The Hall–Kier alpha value is -0.820. The van der Waals surface area contributed by atoms with Crippen LogP contribution >= 0.6 is 0 Å². The molecule has 1 fully saturated rings. The Balaban J connectivity index is 1.99. The summed E-state index contributed by atoms with van der Waals surface area (Å²) in [6.45, 7) is 3.33. The van der Waals surface area contributed by atoms with Crippen molar-refractivity contribution in [2.24, 2.45) is 5.92 Å². The summed E-state index contributed by atoms with van der Waals surface area (Å²) in [6, 6.07) is 11.7. The zero-order chi connectivity index (χ0) is 11.9. The van der Waals surface area contributed by atoms with Gasteiger partial charge in [0.2, 0.25) is 0 Å². The van der Waals surface area contributed by atoms with Gasteiger partial charge in [0.1, 0.15) is 0 Å². The molecule has 0 radical (unpaired) electrons. The lowest BCUT2D eigenvalue weighted by molar-refractivity contribution is 0.337. The zero-order valence-electron chi connectivity index (χ0n) is 11.0. The normalized spacial score (nSPS) is 25.5. The average molecular weight is 231 g/mol. The molecule has 1 heteroatoms. The van der Waals surface area contributed by atoms with Crippen LogP contribution in [0.4, 0.5) is 0 Å². The molecule has 0 aliphatic heterocycles. The molecule has 0 spiro atoms. The molecule has 0 saturated heterocycles. The maximum atomic E-state index is 3.69. The van der Waals surface area contributed by atoms with Crippen molar-refractivity contribution < 1.29 is 0 Å². The molecule has 2 atom stereocenters. The van der Waals surface area contributed by atoms with Gasteiger partial charge in [0, 0.05) is 6.04 Å². The third-order valence-corrected chi connectivity index (χ3v) is 3.97. The van der Waals surface area contributed by atoms with E-state index in [-0.39, 0.29) is 0 Å². The van der Waals surface area contributed by atoms with Crippen molar-refractivity contribution in [1.29, 1.82) is 0 Å². The molecular formula is C16H25N. The summed E-state index contributed by atoms with van der Waals surface area (Å²) in [4.78, 5) is 0. The second-order valence-corrected chi connectivity index (χ2v) is 5.25. The molecule has 1 aliphatic carbocycles. The van der Waals surface area contributed by atoms with Crippen LogP contribution in [0.2, 0.25) is 0 Å². The standard InChI is InChI=1S/C16H25N/c1-2-17-16-12-8-4-7-11-15(16)13-14-9-5-3-6-10-14/h3,5-6,9-10,15-17H,2,4,7-8,11-13H2,1H3. The van der Waals surface area contributed by atoms with E-state index in [0.717, 1.165) is 18.5 Å². The van der Waals surface area contributed by atoms with Crippen LogP contribution in [0.25, 0.3) is 0 Å². The summed E-state index contributed by atoms with van der Waals surface area (Å²) in [5.74, 6) is 0.833. The average Bonchev–Trinajstić information content (AvgIpc) is 2.57. The lowest BCUT2D eigenvalue weighted by Crippen LogP contribution is -2.36. The monoisotopic (exact) mass is 231 g/mol. The molecule has 1 saturated carbocycles. The molecule has 1 aliphatic rings. The Morgan fingerprint density at radius 2 is 1.82 bits per heavy atom. The lowest BCUT2D eigenvalue weighted by atomic mass is 9.88. The second-order valence-electron chi connectivity index (χ2n) is 5.25. The van der Waals surface area contributed by atoms with Crippen molar-refractivity contribution in [3.8, 4) is 0 Å². The van der Waals surface area contributed by atoms with Crippen LogP contribution in [0.3, 0.4) is 0 Å². The molecule has 2 rings (SSSR count). The highest BCUT2D eigenvalue weighted by Crippen LogP contribution is 2.26. The predicted octanol–water partition coefficient (Wildman–Crippen LogP) is 3.79. The van der Waals surface area contributed by atoms with E-state index in [2.05, 4.69) is 42.6 Å². The fraction of sp³-hybridized carbons (Fsp3) is 0.625. The Morgan fingerprint density at radius 1 is 1.06 bits per heavy atom. The van der Waals surface area contributed by atoms with E-state index < -0.39 is 0 Å². The minimum Gasteiger partial charge on any atom is -0.314 e. The number of rotatable bonds is 4. The van der Waals surface area contributed by atoms with Gasteiger partial charge in [0.25, 0.3) is 0 Å². The van der Waals surface area contributed by atoms with E-state index in [4.69, 9.17) is 0 Å². The largest absolute Gasteiger partial charge is 0.314 e. The minimum atomic E-state index is 0.739. The van der Waals surface area contributed by atoms with Gasteiger partial charge in [0.15, 0.2) is 0 Å². The predicted molar refractivity (Wildman–Crippen MR) is 74.2 cm³/mol. The molecule has 1 nitrogen and oxygen atoms in total. The molecule has 1 N–H and O–H groups in total. The van der Waals surface area contributed by atoms with Crippen LogP contribution in [0.15, 0.2) is 30.3 Å².